The standard InChI is InChI=1S/C18H26N4O3/c1-4-14(11-23)21-15(24)8-5-9-19-18(25)16-13(3)20-17-12(2)7-6-10-22(16)17/h6-7,10,14,23H,4-5,8-9,11H2,1-3H3,(H,19,25)(H,21,24). The molecule has 2 amide bonds. The van der Waals surface area contributed by atoms with E-state index in [1.54, 1.807) is 4.40 Å². The van der Waals surface area contributed by atoms with Crippen molar-refractivity contribution in [3.05, 3.63) is 35.3 Å². The molecule has 7 nitrogen and oxygen atoms in total. The van der Waals surface area contributed by atoms with Gasteiger partial charge in [0.2, 0.25) is 5.91 Å². The molecule has 1 unspecified atom stereocenters. The second-order valence-electron chi connectivity index (χ2n) is 6.15. The largest absolute Gasteiger partial charge is 0.394 e. The number of imidazole rings is 1. The lowest BCUT2D eigenvalue weighted by Gasteiger charge is -2.13. The number of hydrogen-bond acceptors (Lipinski definition) is 4. The molecule has 0 spiro atoms. The number of aromatic nitrogens is 2. The van der Waals surface area contributed by atoms with Gasteiger partial charge in [-0.25, -0.2) is 4.98 Å². The number of amides is 2. The van der Waals surface area contributed by atoms with Crippen molar-refractivity contribution in [3.8, 4) is 0 Å². The molecule has 136 valence electrons. The van der Waals surface area contributed by atoms with Gasteiger partial charge in [0.1, 0.15) is 11.3 Å². The van der Waals surface area contributed by atoms with Crippen LogP contribution in [-0.2, 0) is 4.79 Å². The fourth-order valence-corrected chi connectivity index (χ4v) is 2.70. The van der Waals surface area contributed by atoms with Crippen LogP contribution >= 0.6 is 0 Å². The summed E-state index contributed by atoms with van der Waals surface area (Å²) in [5.74, 6) is -0.311. The Labute approximate surface area is 147 Å². The molecule has 0 saturated heterocycles. The molecule has 1 atom stereocenters. The SMILES string of the molecule is CCC(CO)NC(=O)CCCNC(=O)c1c(C)nc2c(C)cccn12. The first-order chi connectivity index (χ1) is 12.0. The second kappa shape index (κ2) is 8.62. The molecule has 7 heteroatoms. The molecule has 3 N–H and O–H groups in total. The van der Waals surface area contributed by atoms with Gasteiger partial charge in [-0.2, -0.15) is 0 Å². The molecule has 0 bridgehead atoms. The van der Waals surface area contributed by atoms with E-state index in [-0.39, 0.29) is 24.5 Å². The van der Waals surface area contributed by atoms with Crippen LogP contribution in [-0.4, -0.2) is 45.5 Å². The van der Waals surface area contributed by atoms with E-state index in [2.05, 4.69) is 15.6 Å². The number of pyridine rings is 1. The number of aliphatic hydroxyl groups excluding tert-OH is 1. The molecule has 2 heterocycles. The zero-order chi connectivity index (χ0) is 18.4. The molecular weight excluding hydrogens is 320 g/mol. The minimum atomic E-state index is -0.203. The van der Waals surface area contributed by atoms with E-state index in [4.69, 9.17) is 5.11 Å². The van der Waals surface area contributed by atoms with Crippen LogP contribution in [0.15, 0.2) is 18.3 Å². The molecule has 0 aliphatic carbocycles. The predicted molar refractivity (Wildman–Crippen MR) is 95.5 cm³/mol. The number of rotatable bonds is 8. The van der Waals surface area contributed by atoms with Crippen molar-refractivity contribution < 1.29 is 14.7 Å². The van der Waals surface area contributed by atoms with E-state index in [9.17, 15) is 9.59 Å². The number of carbonyl (C=O) groups excluding carboxylic acids is 2. The Morgan fingerprint density at radius 3 is 2.80 bits per heavy atom. The van der Waals surface area contributed by atoms with E-state index in [1.165, 1.54) is 0 Å². The van der Waals surface area contributed by atoms with Gasteiger partial charge in [0.25, 0.3) is 5.91 Å². The Morgan fingerprint density at radius 2 is 2.12 bits per heavy atom. The summed E-state index contributed by atoms with van der Waals surface area (Å²) in [4.78, 5) is 28.7. The van der Waals surface area contributed by atoms with Gasteiger partial charge in [-0.3, -0.25) is 14.0 Å². The molecular formula is C18H26N4O3. The van der Waals surface area contributed by atoms with Gasteiger partial charge in [0.05, 0.1) is 18.3 Å². The zero-order valence-electron chi connectivity index (χ0n) is 15.0. The number of aryl methyl sites for hydroxylation is 2. The van der Waals surface area contributed by atoms with Crippen LogP contribution in [0.3, 0.4) is 0 Å². The van der Waals surface area contributed by atoms with Crippen molar-refractivity contribution >= 4 is 17.5 Å². The fraction of sp³-hybridized carbons (Fsp3) is 0.500. The van der Waals surface area contributed by atoms with Crippen molar-refractivity contribution in [2.45, 2.75) is 46.1 Å². The quantitative estimate of drug-likeness (QED) is 0.629. The van der Waals surface area contributed by atoms with E-state index >= 15 is 0 Å². The van der Waals surface area contributed by atoms with Crippen molar-refractivity contribution in [1.82, 2.24) is 20.0 Å². The maximum Gasteiger partial charge on any atom is 0.270 e. The third kappa shape index (κ3) is 4.57. The molecule has 2 aromatic heterocycles. The summed E-state index contributed by atoms with van der Waals surface area (Å²) in [5.41, 5.74) is 2.99. The molecule has 25 heavy (non-hydrogen) atoms. The minimum absolute atomic E-state index is 0.0635. The topological polar surface area (TPSA) is 95.7 Å². The Bertz CT molecular complexity index is 750. The third-order valence-corrected chi connectivity index (χ3v) is 4.18. The van der Waals surface area contributed by atoms with Crippen molar-refractivity contribution in [1.29, 1.82) is 0 Å². The van der Waals surface area contributed by atoms with Crippen LogP contribution in [0.2, 0.25) is 0 Å². The number of nitrogens with zero attached hydrogens (tertiary/aromatic N) is 2. The number of fused-ring (bicyclic) bond motifs is 1. The van der Waals surface area contributed by atoms with E-state index in [0.29, 0.717) is 37.2 Å². The number of nitrogens with one attached hydrogen (secondary N) is 2. The van der Waals surface area contributed by atoms with E-state index < -0.39 is 0 Å². The van der Waals surface area contributed by atoms with Gasteiger partial charge in [0, 0.05) is 19.2 Å². The van der Waals surface area contributed by atoms with Crippen molar-refractivity contribution in [2.24, 2.45) is 0 Å². The Kier molecular flexibility index (Phi) is 6.52. The molecule has 0 aliphatic heterocycles. The molecule has 0 aliphatic rings. The van der Waals surface area contributed by atoms with Crippen molar-refractivity contribution in [3.63, 3.8) is 0 Å². The summed E-state index contributed by atoms with van der Waals surface area (Å²) < 4.78 is 1.79. The monoisotopic (exact) mass is 346 g/mol. The van der Waals surface area contributed by atoms with Crippen LogP contribution in [0.1, 0.15) is 47.9 Å². The van der Waals surface area contributed by atoms with Crippen LogP contribution in [0.5, 0.6) is 0 Å². The van der Waals surface area contributed by atoms with Gasteiger partial charge in [-0.05, 0) is 38.3 Å². The summed E-state index contributed by atoms with van der Waals surface area (Å²) in [6.07, 6.45) is 3.35. The molecule has 0 fully saturated rings. The predicted octanol–water partition coefficient (Wildman–Crippen LogP) is 1.35. The Hall–Kier alpha value is -2.41. The van der Waals surface area contributed by atoms with Crippen LogP contribution in [0, 0.1) is 13.8 Å². The molecule has 0 radical (unpaired) electrons. The average molecular weight is 346 g/mol. The highest BCUT2D eigenvalue weighted by atomic mass is 16.3. The highest BCUT2D eigenvalue weighted by Crippen LogP contribution is 2.15. The first-order valence-electron chi connectivity index (χ1n) is 8.60. The summed E-state index contributed by atoms with van der Waals surface area (Å²) in [7, 11) is 0. The number of aliphatic hydroxyl groups is 1. The summed E-state index contributed by atoms with van der Waals surface area (Å²) >= 11 is 0. The average Bonchev–Trinajstić information content (AvgIpc) is 2.94. The maximum atomic E-state index is 12.5. The molecule has 0 aromatic carbocycles. The smallest absolute Gasteiger partial charge is 0.270 e. The van der Waals surface area contributed by atoms with Gasteiger partial charge < -0.3 is 15.7 Å². The summed E-state index contributed by atoms with van der Waals surface area (Å²) in [6.45, 7) is 6.01. The lowest BCUT2D eigenvalue weighted by Crippen LogP contribution is -2.37. The van der Waals surface area contributed by atoms with Crippen LogP contribution < -0.4 is 10.6 Å². The van der Waals surface area contributed by atoms with Crippen molar-refractivity contribution in [2.75, 3.05) is 13.2 Å². The Balaban J connectivity index is 1.88. The third-order valence-electron chi connectivity index (χ3n) is 4.18. The van der Waals surface area contributed by atoms with Crippen LogP contribution in [0.25, 0.3) is 5.65 Å². The van der Waals surface area contributed by atoms with Crippen LogP contribution in [0.4, 0.5) is 0 Å². The molecule has 2 aromatic rings. The van der Waals surface area contributed by atoms with E-state index in [1.807, 2.05) is 39.1 Å². The molecule has 2 rings (SSSR count). The zero-order valence-corrected chi connectivity index (χ0v) is 15.0. The molecule has 0 saturated carbocycles. The lowest BCUT2D eigenvalue weighted by atomic mass is 10.2. The van der Waals surface area contributed by atoms with E-state index in [0.717, 1.165) is 11.2 Å². The lowest BCUT2D eigenvalue weighted by molar-refractivity contribution is -0.122. The fourth-order valence-electron chi connectivity index (χ4n) is 2.70. The summed E-state index contributed by atoms with van der Waals surface area (Å²) in [5, 5.41) is 14.7. The van der Waals surface area contributed by atoms with Gasteiger partial charge in [-0.1, -0.05) is 13.0 Å². The number of carbonyl (C=O) groups is 2. The highest BCUT2D eigenvalue weighted by Gasteiger charge is 2.17. The number of hydrogen-bond donors (Lipinski definition) is 3. The first-order valence-corrected chi connectivity index (χ1v) is 8.60. The van der Waals surface area contributed by atoms with Gasteiger partial charge >= 0.3 is 0 Å². The minimum Gasteiger partial charge on any atom is -0.394 e. The highest BCUT2D eigenvalue weighted by molar-refractivity contribution is 5.94. The second-order valence-corrected chi connectivity index (χ2v) is 6.15. The normalized spacial score (nSPS) is 12.2. The van der Waals surface area contributed by atoms with Gasteiger partial charge in [-0.15, -0.1) is 0 Å². The first kappa shape index (κ1) is 18.9. The van der Waals surface area contributed by atoms with Gasteiger partial charge in [0.15, 0.2) is 0 Å². The summed E-state index contributed by atoms with van der Waals surface area (Å²) in [6, 6.07) is 3.64. The maximum absolute atomic E-state index is 12.5. The Morgan fingerprint density at radius 1 is 1.36 bits per heavy atom.